The van der Waals surface area contributed by atoms with E-state index in [0.29, 0.717) is 13.1 Å². The molecule has 4 unspecified atom stereocenters. The van der Waals surface area contributed by atoms with Crippen LogP contribution in [0.4, 0.5) is 0 Å². The summed E-state index contributed by atoms with van der Waals surface area (Å²) >= 11 is 0. The van der Waals surface area contributed by atoms with E-state index >= 15 is 0 Å². The van der Waals surface area contributed by atoms with Crippen LogP contribution in [0.3, 0.4) is 0 Å². The summed E-state index contributed by atoms with van der Waals surface area (Å²) in [6.07, 6.45) is -5.45. The number of aliphatic hydroxyl groups excluding tert-OH is 3. The lowest BCUT2D eigenvalue weighted by Crippen LogP contribution is -2.68. The summed E-state index contributed by atoms with van der Waals surface area (Å²) in [6, 6.07) is 6.94. The maximum absolute atomic E-state index is 12.9. The molecule has 1 aliphatic carbocycles. The van der Waals surface area contributed by atoms with Crippen LogP contribution < -0.4 is 33.6 Å². The largest absolute Gasteiger partial charge is 0.388 e. The van der Waals surface area contributed by atoms with Gasteiger partial charge in [-0.05, 0) is 37.9 Å². The highest BCUT2D eigenvalue weighted by molar-refractivity contribution is 5.79. The van der Waals surface area contributed by atoms with E-state index in [2.05, 4.69) is 10.6 Å². The Kier molecular flexibility index (Phi) is 12.9. The topological polar surface area (TPSA) is 234 Å². The fourth-order valence-corrected chi connectivity index (χ4v) is 5.03. The van der Waals surface area contributed by atoms with E-state index in [9.17, 15) is 20.1 Å². The first kappa shape index (κ1) is 31.8. The van der Waals surface area contributed by atoms with Crippen molar-refractivity contribution >= 4 is 5.91 Å². The van der Waals surface area contributed by atoms with Gasteiger partial charge >= 0.3 is 0 Å². The first-order chi connectivity index (χ1) is 18.8. The second kappa shape index (κ2) is 15.9. The van der Waals surface area contributed by atoms with Crippen LogP contribution in [0.25, 0.3) is 0 Å². The van der Waals surface area contributed by atoms with Gasteiger partial charge in [0.1, 0.15) is 36.6 Å². The van der Waals surface area contributed by atoms with Crippen molar-refractivity contribution in [2.45, 2.75) is 86.7 Å². The second-order valence-electron chi connectivity index (χ2n) is 10.2. The summed E-state index contributed by atoms with van der Waals surface area (Å²) in [6.45, 7) is 2.17. The number of carbonyl (C=O) groups excluding carboxylic acids is 1. The van der Waals surface area contributed by atoms with Gasteiger partial charge in [-0.2, -0.15) is 0 Å². The fraction of sp³-hybridized carbons (Fsp3) is 0.731. The van der Waals surface area contributed by atoms with Gasteiger partial charge in [-0.25, -0.2) is 0 Å². The molecule has 13 nitrogen and oxygen atoms in total. The van der Waals surface area contributed by atoms with Crippen LogP contribution in [0, 0.1) is 0 Å². The Labute approximate surface area is 229 Å². The van der Waals surface area contributed by atoms with Crippen LogP contribution in [-0.4, -0.2) is 115 Å². The zero-order chi connectivity index (χ0) is 28.4. The molecule has 2 fully saturated rings. The van der Waals surface area contributed by atoms with Gasteiger partial charge in [0, 0.05) is 19.1 Å². The van der Waals surface area contributed by atoms with Crippen LogP contribution in [0.1, 0.15) is 24.8 Å². The Balaban J connectivity index is 1.67. The molecule has 39 heavy (non-hydrogen) atoms. The van der Waals surface area contributed by atoms with E-state index in [1.165, 1.54) is 0 Å². The first-order valence-corrected chi connectivity index (χ1v) is 13.7. The number of aliphatic hydroxyl groups is 3. The third-order valence-electron chi connectivity index (χ3n) is 7.24. The molecule has 0 aromatic heterocycles. The van der Waals surface area contributed by atoms with E-state index in [4.69, 9.17) is 37.1 Å². The number of benzene rings is 1. The average molecular weight is 555 g/mol. The van der Waals surface area contributed by atoms with Gasteiger partial charge in [0.25, 0.3) is 0 Å². The summed E-state index contributed by atoms with van der Waals surface area (Å²) in [5.74, 6) is -0.223. The summed E-state index contributed by atoms with van der Waals surface area (Å²) in [7, 11) is 0. The van der Waals surface area contributed by atoms with Gasteiger partial charge < -0.3 is 63.1 Å². The molecular weight excluding hydrogens is 508 g/mol. The lowest BCUT2D eigenvalue weighted by Gasteiger charge is -2.47. The zero-order valence-corrected chi connectivity index (χ0v) is 22.3. The lowest BCUT2D eigenvalue weighted by atomic mass is 9.83. The maximum atomic E-state index is 12.9. The van der Waals surface area contributed by atoms with Crippen molar-refractivity contribution in [1.29, 1.82) is 0 Å². The standard InChI is InChI=1S/C26H46N6O7/c27-8-4-5-9-31-10-11-37-25-17(32-19(33)12-15-6-2-1-3-7-15)13-16(29)24(23(25)36)39-26-20(30)22(35)21(34)18(14-28)38-26/h1-3,6-7,16-18,20-26,31,34-36H,4-5,8-14,27-30H2,(H,32,33)/t16?,17-,18?,20?,21+,22-,23+,24+,25?,26+/m1/s1. The number of carbonyl (C=O) groups is 1. The van der Waals surface area contributed by atoms with Crippen molar-refractivity contribution in [3.63, 3.8) is 0 Å². The molecule has 2 aliphatic rings. The highest BCUT2D eigenvalue weighted by atomic mass is 16.7. The Morgan fingerprint density at radius 2 is 1.74 bits per heavy atom. The monoisotopic (exact) mass is 554 g/mol. The molecule has 1 aliphatic heterocycles. The molecular formula is C26H46N6O7. The van der Waals surface area contributed by atoms with E-state index in [1.54, 1.807) is 0 Å². The number of hydrogen-bond donors (Lipinski definition) is 9. The van der Waals surface area contributed by atoms with Crippen molar-refractivity contribution < 1.29 is 34.3 Å². The lowest BCUT2D eigenvalue weighted by molar-refractivity contribution is -0.289. The second-order valence-corrected chi connectivity index (χ2v) is 10.2. The minimum Gasteiger partial charge on any atom is -0.388 e. The van der Waals surface area contributed by atoms with Crippen LogP contribution >= 0.6 is 0 Å². The number of rotatable bonds is 14. The third-order valence-corrected chi connectivity index (χ3v) is 7.24. The zero-order valence-electron chi connectivity index (χ0n) is 22.3. The highest BCUT2D eigenvalue weighted by Crippen LogP contribution is 2.29. The van der Waals surface area contributed by atoms with Crippen molar-refractivity contribution in [2.24, 2.45) is 22.9 Å². The molecule has 1 amide bonds. The molecule has 0 radical (unpaired) electrons. The van der Waals surface area contributed by atoms with E-state index in [0.717, 1.165) is 24.9 Å². The van der Waals surface area contributed by atoms with Gasteiger partial charge in [-0.15, -0.1) is 0 Å². The van der Waals surface area contributed by atoms with E-state index < -0.39 is 61.0 Å². The van der Waals surface area contributed by atoms with Gasteiger partial charge in [-0.1, -0.05) is 30.3 Å². The smallest absolute Gasteiger partial charge is 0.224 e. The molecule has 13 N–H and O–H groups in total. The van der Waals surface area contributed by atoms with E-state index in [-0.39, 0.29) is 31.9 Å². The maximum Gasteiger partial charge on any atom is 0.224 e. The van der Waals surface area contributed by atoms with Crippen LogP contribution in [0.5, 0.6) is 0 Å². The molecule has 1 saturated heterocycles. The number of nitrogens with one attached hydrogen (secondary N) is 2. The fourth-order valence-electron chi connectivity index (χ4n) is 5.03. The Hall–Kier alpha value is -1.75. The SMILES string of the molecule is NCCCCNCCOC1[C@@H](O)[C@@H](O[C@@H]2OC(CN)[C@H](O)[C@H](O)C2N)C(N)C[C@H]1NC(=O)Cc1ccccc1. The molecule has 3 rings (SSSR count). The number of amides is 1. The van der Waals surface area contributed by atoms with Crippen molar-refractivity contribution in [2.75, 3.05) is 32.8 Å². The summed E-state index contributed by atoms with van der Waals surface area (Å²) in [5.41, 5.74) is 24.5. The first-order valence-electron chi connectivity index (χ1n) is 13.7. The minimum absolute atomic E-state index is 0.0659. The molecule has 0 spiro atoms. The number of hydrogen-bond acceptors (Lipinski definition) is 12. The van der Waals surface area contributed by atoms with Gasteiger partial charge in [-0.3, -0.25) is 4.79 Å². The number of nitrogens with two attached hydrogens (primary N) is 4. The Morgan fingerprint density at radius 1 is 1.00 bits per heavy atom. The molecule has 1 aromatic rings. The molecule has 10 atom stereocenters. The predicted molar refractivity (Wildman–Crippen MR) is 144 cm³/mol. The van der Waals surface area contributed by atoms with Crippen LogP contribution in [-0.2, 0) is 25.4 Å². The Bertz CT molecular complexity index is 853. The van der Waals surface area contributed by atoms with Gasteiger partial charge in [0.05, 0.1) is 25.1 Å². The molecule has 1 saturated carbocycles. The summed E-state index contributed by atoms with van der Waals surface area (Å²) < 4.78 is 17.8. The van der Waals surface area contributed by atoms with Crippen molar-refractivity contribution in [1.82, 2.24) is 10.6 Å². The van der Waals surface area contributed by atoms with Crippen molar-refractivity contribution in [3.8, 4) is 0 Å². The van der Waals surface area contributed by atoms with Crippen molar-refractivity contribution in [3.05, 3.63) is 35.9 Å². The number of unbranched alkanes of at least 4 members (excludes halogenated alkanes) is 1. The Morgan fingerprint density at radius 3 is 2.44 bits per heavy atom. The van der Waals surface area contributed by atoms with E-state index in [1.807, 2.05) is 30.3 Å². The predicted octanol–water partition coefficient (Wildman–Crippen LogP) is -3.36. The van der Waals surface area contributed by atoms with Gasteiger partial charge in [0.2, 0.25) is 5.91 Å². The van der Waals surface area contributed by atoms with Crippen LogP contribution in [0.2, 0.25) is 0 Å². The average Bonchev–Trinajstić information content (AvgIpc) is 2.92. The minimum atomic E-state index is -1.34. The molecule has 222 valence electrons. The normalized spacial score (nSPS) is 35.1. The number of ether oxygens (including phenoxy) is 3. The van der Waals surface area contributed by atoms with Gasteiger partial charge in [0.15, 0.2) is 6.29 Å². The molecule has 13 heteroatoms. The summed E-state index contributed by atoms with van der Waals surface area (Å²) in [5, 5.41) is 38.1. The molecule has 0 bridgehead atoms. The summed E-state index contributed by atoms with van der Waals surface area (Å²) in [4.78, 5) is 12.9. The third kappa shape index (κ3) is 8.87. The quantitative estimate of drug-likeness (QED) is 0.103. The molecule has 1 heterocycles. The highest BCUT2D eigenvalue weighted by Gasteiger charge is 2.49. The molecule has 1 aromatic carbocycles. The van der Waals surface area contributed by atoms with Crippen LogP contribution in [0.15, 0.2) is 30.3 Å².